The van der Waals surface area contributed by atoms with Crippen molar-refractivity contribution in [2.75, 3.05) is 17.1 Å². The first-order chi connectivity index (χ1) is 14.8. The fourth-order valence-electron chi connectivity index (χ4n) is 2.90. The van der Waals surface area contributed by atoms with E-state index in [0.29, 0.717) is 17.3 Å². The van der Waals surface area contributed by atoms with Gasteiger partial charge in [-0.15, -0.1) is 0 Å². The number of nitrogens with one attached hydrogen (secondary N) is 2. The molecule has 2 aromatic carbocycles. The van der Waals surface area contributed by atoms with Crippen molar-refractivity contribution in [3.8, 4) is 5.75 Å². The van der Waals surface area contributed by atoms with Gasteiger partial charge in [0.15, 0.2) is 0 Å². The molecule has 3 rings (SSSR count). The maximum atomic E-state index is 12.6. The lowest BCUT2D eigenvalue weighted by Crippen LogP contribution is -2.21. The Morgan fingerprint density at radius 1 is 0.969 bits per heavy atom. The third-order valence-corrected chi connectivity index (χ3v) is 5.78. The summed E-state index contributed by atoms with van der Waals surface area (Å²) < 4.78 is 106. The fourth-order valence-corrected chi connectivity index (χ4v) is 4.01. The zero-order valence-corrected chi connectivity index (χ0v) is 17.2. The SMILES string of the molecule is O=S(=O)(CCC(F)(F)F)Nc1c[nH]c2ccc(CCOc3ccc(C(F)(F)F)cc3)cc12. The minimum absolute atomic E-state index is 0.118. The van der Waals surface area contributed by atoms with Crippen molar-refractivity contribution in [2.45, 2.75) is 25.2 Å². The van der Waals surface area contributed by atoms with Crippen LogP contribution in [0.15, 0.2) is 48.7 Å². The van der Waals surface area contributed by atoms with Crippen LogP contribution in [0.2, 0.25) is 0 Å². The summed E-state index contributed by atoms with van der Waals surface area (Å²) in [6.45, 7) is 0.147. The van der Waals surface area contributed by atoms with Crippen molar-refractivity contribution in [3.63, 3.8) is 0 Å². The van der Waals surface area contributed by atoms with E-state index < -0.39 is 40.1 Å². The van der Waals surface area contributed by atoms with Gasteiger partial charge in [-0.1, -0.05) is 6.07 Å². The van der Waals surface area contributed by atoms with Gasteiger partial charge in [-0.3, -0.25) is 4.72 Å². The molecule has 5 nitrogen and oxygen atoms in total. The van der Waals surface area contributed by atoms with Crippen LogP contribution in [-0.2, 0) is 22.6 Å². The third kappa shape index (κ3) is 6.55. The molecule has 0 saturated heterocycles. The number of hydrogen-bond donors (Lipinski definition) is 2. The number of aromatic amines is 1. The Kier molecular flexibility index (Phi) is 6.63. The third-order valence-electron chi connectivity index (χ3n) is 4.51. The van der Waals surface area contributed by atoms with Crippen molar-refractivity contribution in [3.05, 3.63) is 59.8 Å². The van der Waals surface area contributed by atoms with E-state index in [0.717, 1.165) is 17.7 Å². The normalized spacial score (nSPS) is 12.8. The Morgan fingerprint density at radius 2 is 1.66 bits per heavy atom. The molecule has 0 aliphatic heterocycles. The Bertz CT molecular complexity index is 1170. The van der Waals surface area contributed by atoms with Crippen LogP contribution in [0.3, 0.4) is 0 Å². The molecule has 0 saturated carbocycles. The number of ether oxygens (including phenoxy) is 1. The van der Waals surface area contributed by atoms with E-state index in [4.69, 9.17) is 4.74 Å². The van der Waals surface area contributed by atoms with Crippen LogP contribution in [0.5, 0.6) is 5.75 Å². The summed E-state index contributed by atoms with van der Waals surface area (Å²) in [5.74, 6) is -0.831. The van der Waals surface area contributed by atoms with Crippen molar-refractivity contribution in [2.24, 2.45) is 0 Å². The maximum Gasteiger partial charge on any atom is 0.416 e. The summed E-state index contributed by atoms with van der Waals surface area (Å²) in [6, 6.07) is 9.34. The van der Waals surface area contributed by atoms with Crippen LogP contribution in [0.25, 0.3) is 10.9 Å². The first kappa shape index (κ1) is 23.8. The average Bonchev–Trinajstić information content (AvgIpc) is 3.07. The highest BCUT2D eigenvalue weighted by Gasteiger charge is 2.31. The number of anilines is 1. The molecular weight excluding hydrogens is 462 g/mol. The van der Waals surface area contributed by atoms with Crippen LogP contribution in [0.1, 0.15) is 17.5 Å². The topological polar surface area (TPSA) is 71.2 Å². The van der Waals surface area contributed by atoms with E-state index in [1.807, 2.05) is 0 Å². The Balaban J connectivity index is 1.64. The van der Waals surface area contributed by atoms with E-state index in [9.17, 15) is 34.8 Å². The summed E-state index contributed by atoms with van der Waals surface area (Å²) >= 11 is 0. The van der Waals surface area contributed by atoms with Gasteiger partial charge in [0.25, 0.3) is 0 Å². The predicted molar refractivity (Wildman–Crippen MR) is 107 cm³/mol. The van der Waals surface area contributed by atoms with E-state index in [2.05, 4.69) is 9.71 Å². The highest BCUT2D eigenvalue weighted by Crippen LogP contribution is 2.30. The Morgan fingerprint density at radius 3 is 2.28 bits per heavy atom. The molecule has 3 aromatic rings. The highest BCUT2D eigenvalue weighted by molar-refractivity contribution is 7.92. The van der Waals surface area contributed by atoms with Gasteiger partial charge in [0.2, 0.25) is 10.0 Å². The van der Waals surface area contributed by atoms with Gasteiger partial charge in [0.1, 0.15) is 5.75 Å². The summed E-state index contributed by atoms with van der Waals surface area (Å²) in [5, 5.41) is 0.465. The van der Waals surface area contributed by atoms with Crippen molar-refractivity contribution < 1.29 is 39.5 Å². The number of H-pyrrole nitrogens is 1. The molecule has 0 aliphatic carbocycles. The van der Waals surface area contributed by atoms with Gasteiger partial charge >= 0.3 is 12.4 Å². The molecule has 1 aromatic heterocycles. The molecule has 0 radical (unpaired) electrons. The number of sulfonamides is 1. The molecule has 0 amide bonds. The second-order valence-corrected chi connectivity index (χ2v) is 8.83. The number of rotatable bonds is 8. The zero-order valence-electron chi connectivity index (χ0n) is 16.3. The van der Waals surface area contributed by atoms with Crippen LogP contribution in [0, 0.1) is 0 Å². The summed E-state index contributed by atoms with van der Waals surface area (Å²) in [7, 11) is -4.20. The van der Waals surface area contributed by atoms with Crippen LogP contribution >= 0.6 is 0 Å². The molecule has 0 unspecified atom stereocenters. The molecule has 2 N–H and O–H groups in total. The average molecular weight is 480 g/mol. The lowest BCUT2D eigenvalue weighted by Gasteiger charge is -2.10. The van der Waals surface area contributed by atoms with Crippen molar-refractivity contribution in [1.82, 2.24) is 4.98 Å². The molecule has 174 valence electrons. The van der Waals surface area contributed by atoms with Gasteiger partial charge in [-0.2, -0.15) is 26.3 Å². The first-order valence-electron chi connectivity index (χ1n) is 9.30. The van der Waals surface area contributed by atoms with Crippen molar-refractivity contribution >= 4 is 26.6 Å². The van der Waals surface area contributed by atoms with Crippen molar-refractivity contribution in [1.29, 1.82) is 0 Å². The number of hydrogen-bond acceptors (Lipinski definition) is 3. The van der Waals surface area contributed by atoms with Gasteiger partial charge in [0.05, 0.1) is 30.0 Å². The Hall–Kier alpha value is -2.89. The van der Waals surface area contributed by atoms with Crippen LogP contribution in [0.4, 0.5) is 32.0 Å². The molecule has 32 heavy (non-hydrogen) atoms. The minimum atomic E-state index is -4.59. The molecule has 0 bridgehead atoms. The predicted octanol–water partition coefficient (Wildman–Crippen LogP) is 5.50. The monoisotopic (exact) mass is 480 g/mol. The largest absolute Gasteiger partial charge is 0.493 e. The number of benzene rings is 2. The lowest BCUT2D eigenvalue weighted by atomic mass is 10.1. The molecule has 0 fully saturated rings. The molecule has 1 heterocycles. The zero-order chi connectivity index (χ0) is 23.6. The summed E-state index contributed by atoms with van der Waals surface area (Å²) in [5.41, 5.74) is 0.645. The quantitative estimate of drug-likeness (QED) is 0.418. The van der Waals surface area contributed by atoms with E-state index in [1.54, 1.807) is 18.2 Å². The second kappa shape index (κ2) is 8.93. The van der Waals surface area contributed by atoms with Crippen LogP contribution in [-0.4, -0.2) is 31.9 Å². The van der Waals surface area contributed by atoms with Crippen LogP contribution < -0.4 is 9.46 Å². The maximum absolute atomic E-state index is 12.6. The van der Waals surface area contributed by atoms with E-state index >= 15 is 0 Å². The number of aromatic nitrogens is 1. The number of fused-ring (bicyclic) bond motifs is 1. The molecular formula is C20H18F6N2O3S. The molecule has 0 spiro atoms. The first-order valence-corrected chi connectivity index (χ1v) is 10.9. The summed E-state index contributed by atoms with van der Waals surface area (Å²) in [4.78, 5) is 2.84. The number of alkyl halides is 6. The summed E-state index contributed by atoms with van der Waals surface area (Å²) in [6.07, 6.45) is -8.77. The van der Waals surface area contributed by atoms with Gasteiger partial charge in [-0.25, -0.2) is 8.42 Å². The Labute approximate surface area is 179 Å². The van der Waals surface area contributed by atoms with Gasteiger partial charge in [-0.05, 0) is 42.0 Å². The highest BCUT2D eigenvalue weighted by atomic mass is 32.2. The van der Waals surface area contributed by atoms with Gasteiger partial charge < -0.3 is 9.72 Å². The smallest absolute Gasteiger partial charge is 0.416 e. The second-order valence-electron chi connectivity index (χ2n) is 6.99. The minimum Gasteiger partial charge on any atom is -0.493 e. The molecule has 12 heteroatoms. The fraction of sp³-hybridized carbons (Fsp3) is 0.300. The lowest BCUT2D eigenvalue weighted by molar-refractivity contribution is -0.137. The molecule has 0 atom stereocenters. The van der Waals surface area contributed by atoms with E-state index in [-0.39, 0.29) is 18.0 Å². The van der Waals surface area contributed by atoms with Gasteiger partial charge in [0, 0.05) is 23.5 Å². The molecule has 0 aliphatic rings. The number of halogens is 6. The standard InChI is InChI=1S/C20H18F6N2O3S/c21-19(22,23)8-10-32(29,30)28-18-12-27-17-6-1-13(11-16(17)18)7-9-31-15-4-2-14(3-5-15)20(24,25)26/h1-6,11-12,27-28H,7-10H2. The van der Waals surface area contributed by atoms with E-state index in [1.165, 1.54) is 18.3 Å².